The molecule has 2 aromatic carbocycles. The molecule has 10 heteroatoms. The average Bonchev–Trinajstić information content (AvgIpc) is 3.61. The Morgan fingerprint density at radius 2 is 1.93 bits per heavy atom. The van der Waals surface area contributed by atoms with Gasteiger partial charge in [0, 0.05) is 29.7 Å². The highest BCUT2D eigenvalue weighted by Crippen LogP contribution is 2.46. The topological polar surface area (TPSA) is 129 Å². The van der Waals surface area contributed by atoms with Crippen LogP contribution >= 0.6 is 0 Å². The van der Waals surface area contributed by atoms with Crippen LogP contribution in [-0.2, 0) is 19.8 Å². The van der Waals surface area contributed by atoms with Crippen molar-refractivity contribution in [2.75, 3.05) is 18.4 Å². The molecule has 0 radical (unpaired) electrons. The summed E-state index contributed by atoms with van der Waals surface area (Å²) in [5.74, 6) is -2.28. The molecule has 0 bridgehead atoms. The van der Waals surface area contributed by atoms with E-state index >= 15 is 0 Å². The lowest BCUT2D eigenvalue weighted by atomic mass is 9.79. The smallest absolute Gasteiger partial charge is 0.270 e. The Kier molecular flexibility index (Phi) is 7.12. The number of nitrogens with zero attached hydrogens (tertiary/aromatic N) is 2. The molecule has 1 saturated heterocycles. The number of aromatic nitrogens is 1. The number of carbonyl (C=O) groups is 4. The number of primary amides is 1. The summed E-state index contributed by atoms with van der Waals surface area (Å²) >= 11 is 0. The highest BCUT2D eigenvalue weighted by Gasteiger charge is 2.58. The Hall–Kier alpha value is -4.21. The molecule has 5 rings (SSSR count). The van der Waals surface area contributed by atoms with E-state index in [2.05, 4.69) is 10.3 Å². The number of halogens is 1. The van der Waals surface area contributed by atoms with Crippen LogP contribution in [0.5, 0.6) is 0 Å². The molecule has 1 fully saturated rings. The lowest BCUT2D eigenvalue weighted by Gasteiger charge is -2.36. The molecule has 0 saturated carbocycles. The van der Waals surface area contributed by atoms with Crippen LogP contribution in [0, 0.1) is 11.7 Å². The molecule has 2 aliphatic rings. The summed E-state index contributed by atoms with van der Waals surface area (Å²) in [4.78, 5) is 60.1. The van der Waals surface area contributed by atoms with Crippen molar-refractivity contribution in [2.45, 2.75) is 57.5 Å². The number of hydrogen-bond donors (Lipinski definition) is 3. The van der Waals surface area contributed by atoms with Crippen LogP contribution in [0.1, 0.15) is 56.1 Å². The number of anilines is 1. The van der Waals surface area contributed by atoms with Crippen molar-refractivity contribution in [1.29, 1.82) is 0 Å². The van der Waals surface area contributed by atoms with Crippen LogP contribution in [0.2, 0.25) is 0 Å². The van der Waals surface area contributed by atoms with Gasteiger partial charge in [0.15, 0.2) is 0 Å². The zero-order valence-electron chi connectivity index (χ0n) is 22.9. The second-order valence-electron chi connectivity index (χ2n) is 11.2. The van der Waals surface area contributed by atoms with Crippen molar-refractivity contribution in [3.05, 3.63) is 65.6 Å². The first kappa shape index (κ1) is 27.4. The number of H-pyrrole nitrogens is 1. The number of nitrogens with one attached hydrogen (secondary N) is 2. The maximum absolute atomic E-state index is 14.4. The van der Waals surface area contributed by atoms with Gasteiger partial charge in [-0.15, -0.1) is 0 Å². The number of hydrogen-bond acceptors (Lipinski definition) is 4. The fourth-order valence-electron chi connectivity index (χ4n) is 6.15. The summed E-state index contributed by atoms with van der Waals surface area (Å²) < 4.78 is 14.4. The van der Waals surface area contributed by atoms with Gasteiger partial charge in [0.25, 0.3) is 5.91 Å². The molecule has 1 unspecified atom stereocenters. The largest absolute Gasteiger partial charge is 0.368 e. The van der Waals surface area contributed by atoms with Gasteiger partial charge in [0.1, 0.15) is 23.6 Å². The zero-order valence-corrected chi connectivity index (χ0v) is 22.9. The first-order valence-corrected chi connectivity index (χ1v) is 13.7. The van der Waals surface area contributed by atoms with Gasteiger partial charge < -0.3 is 25.8 Å². The normalized spacial score (nSPS) is 20.7. The lowest BCUT2D eigenvalue weighted by Crippen LogP contribution is -2.55. The number of fused-ring (bicyclic) bond motifs is 3. The molecular formula is C30H34FN5O4. The minimum absolute atomic E-state index is 0.0252. The number of nitrogens with two attached hydrogens (primary N) is 1. The first-order valence-electron chi connectivity index (χ1n) is 13.7. The quantitative estimate of drug-likeness (QED) is 0.398. The predicted octanol–water partition coefficient (Wildman–Crippen LogP) is 3.55. The average molecular weight is 548 g/mol. The summed E-state index contributed by atoms with van der Waals surface area (Å²) in [6, 6.07) is 11.3. The fraction of sp³-hybridized carbons (Fsp3) is 0.400. The first-order chi connectivity index (χ1) is 19.1. The number of para-hydroxylation sites is 1. The van der Waals surface area contributed by atoms with Gasteiger partial charge in [0.05, 0.1) is 5.41 Å². The van der Waals surface area contributed by atoms with E-state index in [4.69, 9.17) is 5.73 Å². The number of rotatable bonds is 8. The Morgan fingerprint density at radius 1 is 1.18 bits per heavy atom. The Balaban J connectivity index is 1.53. The standard InChI is InChI=1S/C30H34FN5O4/c1-4-12-35(27(38)23-14-18-20(31)9-7-11-21(18)33-23)24(13-17(2)3)28(39)36-16-30(15-25(36)26(32)37)19-8-5-6-10-22(19)34-29(30)40/h5-11,14,17,24-25,33H,4,12-13,15-16H2,1-3H3,(H2,32,37)(H,34,40)/t24?,25-,30-/m0/s1. The zero-order chi connectivity index (χ0) is 28.8. The highest BCUT2D eigenvalue weighted by atomic mass is 19.1. The molecule has 9 nitrogen and oxygen atoms in total. The van der Waals surface area contributed by atoms with Gasteiger partial charge in [-0.2, -0.15) is 0 Å². The van der Waals surface area contributed by atoms with Gasteiger partial charge in [-0.05, 0) is 55.0 Å². The van der Waals surface area contributed by atoms with E-state index in [0.29, 0.717) is 24.0 Å². The number of amides is 4. The summed E-state index contributed by atoms with van der Waals surface area (Å²) in [7, 11) is 0. The third-order valence-corrected chi connectivity index (χ3v) is 8.02. The van der Waals surface area contributed by atoms with E-state index in [-0.39, 0.29) is 42.4 Å². The number of carbonyl (C=O) groups excluding carboxylic acids is 4. The molecule has 40 heavy (non-hydrogen) atoms. The van der Waals surface area contributed by atoms with Crippen molar-refractivity contribution >= 4 is 40.2 Å². The number of benzene rings is 2. The molecule has 1 aromatic heterocycles. The third kappa shape index (κ3) is 4.51. The van der Waals surface area contributed by atoms with Gasteiger partial charge >= 0.3 is 0 Å². The van der Waals surface area contributed by atoms with Crippen LogP contribution in [0.25, 0.3) is 10.9 Å². The van der Waals surface area contributed by atoms with Crippen molar-refractivity contribution in [1.82, 2.24) is 14.8 Å². The minimum Gasteiger partial charge on any atom is -0.368 e. The van der Waals surface area contributed by atoms with Gasteiger partial charge in [-0.25, -0.2) is 4.39 Å². The van der Waals surface area contributed by atoms with Crippen molar-refractivity contribution in [2.24, 2.45) is 11.7 Å². The van der Waals surface area contributed by atoms with Gasteiger partial charge in [-0.1, -0.05) is 45.0 Å². The molecule has 4 N–H and O–H groups in total. The molecule has 210 valence electrons. The van der Waals surface area contributed by atoms with Crippen molar-refractivity contribution < 1.29 is 23.6 Å². The summed E-state index contributed by atoms with van der Waals surface area (Å²) in [6.45, 7) is 6.04. The maximum Gasteiger partial charge on any atom is 0.270 e. The van der Waals surface area contributed by atoms with Gasteiger partial charge in [-0.3, -0.25) is 19.2 Å². The van der Waals surface area contributed by atoms with Crippen LogP contribution in [0.4, 0.5) is 10.1 Å². The van der Waals surface area contributed by atoms with Crippen molar-refractivity contribution in [3.63, 3.8) is 0 Å². The Morgan fingerprint density at radius 3 is 2.60 bits per heavy atom. The van der Waals surface area contributed by atoms with E-state index in [1.807, 2.05) is 39.0 Å². The molecule has 3 atom stereocenters. The predicted molar refractivity (Wildman–Crippen MR) is 149 cm³/mol. The van der Waals surface area contributed by atoms with E-state index in [1.165, 1.54) is 21.9 Å². The van der Waals surface area contributed by atoms with Crippen LogP contribution in [0.3, 0.4) is 0 Å². The number of likely N-dealkylation sites (tertiary alicyclic amines) is 1. The van der Waals surface area contributed by atoms with E-state index < -0.39 is 41.0 Å². The van der Waals surface area contributed by atoms with Crippen LogP contribution in [-0.4, -0.2) is 63.6 Å². The molecule has 0 aliphatic carbocycles. The monoisotopic (exact) mass is 547 g/mol. The second kappa shape index (κ2) is 10.4. The Labute approximate surface area is 231 Å². The van der Waals surface area contributed by atoms with Gasteiger partial charge in [0.2, 0.25) is 17.7 Å². The van der Waals surface area contributed by atoms with Crippen molar-refractivity contribution in [3.8, 4) is 0 Å². The van der Waals surface area contributed by atoms with Crippen LogP contribution < -0.4 is 11.1 Å². The Bertz CT molecular complexity index is 1500. The summed E-state index contributed by atoms with van der Waals surface area (Å²) in [5.41, 5.74) is 6.72. The van der Waals surface area contributed by atoms with E-state index in [9.17, 15) is 23.6 Å². The third-order valence-electron chi connectivity index (χ3n) is 8.02. The SMILES string of the molecule is CCCN(C(=O)c1cc2c(F)cccc2[nH]1)C(CC(C)C)C(=O)N1C[C@]2(C[C@H]1C(N)=O)C(=O)Nc1ccccc12. The minimum atomic E-state index is -1.11. The molecule has 3 heterocycles. The molecular weight excluding hydrogens is 513 g/mol. The highest BCUT2D eigenvalue weighted by molar-refractivity contribution is 6.08. The summed E-state index contributed by atoms with van der Waals surface area (Å²) in [5, 5.41) is 3.17. The second-order valence-corrected chi connectivity index (χ2v) is 11.2. The molecule has 1 spiro atoms. The molecule has 2 aliphatic heterocycles. The number of aromatic amines is 1. The van der Waals surface area contributed by atoms with Crippen LogP contribution in [0.15, 0.2) is 48.5 Å². The van der Waals surface area contributed by atoms with E-state index in [1.54, 1.807) is 18.2 Å². The fourth-order valence-corrected chi connectivity index (χ4v) is 6.15. The van der Waals surface area contributed by atoms with E-state index in [0.717, 1.165) is 5.56 Å². The molecule has 4 amide bonds. The molecule has 3 aromatic rings. The lowest BCUT2D eigenvalue weighted by molar-refractivity contribution is -0.141. The summed E-state index contributed by atoms with van der Waals surface area (Å²) in [6.07, 6.45) is 0.965. The maximum atomic E-state index is 14.4.